The predicted octanol–water partition coefficient (Wildman–Crippen LogP) is 4.74. The summed E-state index contributed by atoms with van der Waals surface area (Å²) < 4.78 is 14.5. The minimum Gasteiger partial charge on any atom is -0.320 e. The van der Waals surface area contributed by atoms with Crippen LogP contribution in [0.5, 0.6) is 0 Å². The standard InChI is InChI=1S/C15H11ClFNS/c16-13-6-5-9(17)7-11(13)15(18)12-8-19-14-4-2-1-3-10(12)14/h1-8,15H,18H2. The molecular formula is C15H11ClFNS. The molecule has 1 nitrogen and oxygen atoms in total. The molecule has 2 N–H and O–H groups in total. The second-order valence-electron chi connectivity index (χ2n) is 4.33. The Kier molecular flexibility index (Phi) is 3.27. The van der Waals surface area contributed by atoms with E-state index >= 15 is 0 Å². The summed E-state index contributed by atoms with van der Waals surface area (Å²) in [5, 5.41) is 3.60. The van der Waals surface area contributed by atoms with Gasteiger partial charge in [-0.3, -0.25) is 0 Å². The average Bonchev–Trinajstić information content (AvgIpc) is 2.84. The molecule has 3 rings (SSSR count). The van der Waals surface area contributed by atoms with E-state index in [-0.39, 0.29) is 5.82 Å². The van der Waals surface area contributed by atoms with Crippen LogP contribution in [0.25, 0.3) is 10.1 Å². The number of hydrogen-bond acceptors (Lipinski definition) is 2. The maximum atomic E-state index is 13.4. The van der Waals surface area contributed by atoms with Gasteiger partial charge in [0.1, 0.15) is 5.82 Å². The second-order valence-corrected chi connectivity index (χ2v) is 5.65. The molecule has 0 fully saturated rings. The normalized spacial score (nSPS) is 12.8. The Labute approximate surface area is 119 Å². The van der Waals surface area contributed by atoms with Crippen LogP contribution in [0.2, 0.25) is 5.02 Å². The highest BCUT2D eigenvalue weighted by Gasteiger charge is 2.17. The molecule has 0 amide bonds. The van der Waals surface area contributed by atoms with Crippen LogP contribution < -0.4 is 5.73 Å². The molecule has 4 heteroatoms. The Morgan fingerprint density at radius 1 is 1.11 bits per heavy atom. The molecular weight excluding hydrogens is 281 g/mol. The average molecular weight is 292 g/mol. The Bertz CT molecular complexity index is 738. The maximum absolute atomic E-state index is 13.4. The topological polar surface area (TPSA) is 26.0 Å². The molecule has 96 valence electrons. The summed E-state index contributed by atoms with van der Waals surface area (Å²) >= 11 is 7.75. The third-order valence-electron chi connectivity index (χ3n) is 3.14. The first-order chi connectivity index (χ1) is 9.16. The van der Waals surface area contributed by atoms with Gasteiger partial charge in [-0.05, 0) is 46.2 Å². The summed E-state index contributed by atoms with van der Waals surface area (Å²) in [4.78, 5) is 0. The van der Waals surface area contributed by atoms with Crippen molar-refractivity contribution in [2.45, 2.75) is 6.04 Å². The van der Waals surface area contributed by atoms with Crippen molar-refractivity contribution in [2.75, 3.05) is 0 Å². The van der Waals surface area contributed by atoms with E-state index in [1.807, 2.05) is 29.6 Å². The van der Waals surface area contributed by atoms with Gasteiger partial charge in [0, 0.05) is 9.72 Å². The number of fused-ring (bicyclic) bond motifs is 1. The lowest BCUT2D eigenvalue weighted by molar-refractivity contribution is 0.624. The molecule has 2 aromatic carbocycles. The largest absolute Gasteiger partial charge is 0.320 e. The monoisotopic (exact) mass is 291 g/mol. The molecule has 1 aromatic heterocycles. The van der Waals surface area contributed by atoms with Crippen LogP contribution in [-0.2, 0) is 0 Å². The summed E-state index contributed by atoms with van der Waals surface area (Å²) in [6.45, 7) is 0. The summed E-state index contributed by atoms with van der Waals surface area (Å²) in [5.41, 5.74) is 7.85. The van der Waals surface area contributed by atoms with Gasteiger partial charge >= 0.3 is 0 Å². The highest BCUT2D eigenvalue weighted by atomic mass is 35.5. The van der Waals surface area contributed by atoms with E-state index in [1.54, 1.807) is 17.4 Å². The van der Waals surface area contributed by atoms with Crippen molar-refractivity contribution in [3.63, 3.8) is 0 Å². The molecule has 0 saturated carbocycles. The molecule has 0 aliphatic carbocycles. The first-order valence-electron chi connectivity index (χ1n) is 5.83. The van der Waals surface area contributed by atoms with Crippen molar-refractivity contribution in [2.24, 2.45) is 5.73 Å². The fourth-order valence-corrected chi connectivity index (χ4v) is 3.39. The van der Waals surface area contributed by atoms with Gasteiger partial charge < -0.3 is 5.73 Å². The lowest BCUT2D eigenvalue weighted by Crippen LogP contribution is -2.12. The Hall–Kier alpha value is -1.42. The highest BCUT2D eigenvalue weighted by Crippen LogP contribution is 2.34. The third kappa shape index (κ3) is 2.25. The zero-order valence-corrected chi connectivity index (χ0v) is 11.5. The van der Waals surface area contributed by atoms with E-state index in [2.05, 4.69) is 0 Å². The third-order valence-corrected chi connectivity index (χ3v) is 4.47. The molecule has 0 saturated heterocycles. The minimum absolute atomic E-state index is 0.325. The fraction of sp³-hybridized carbons (Fsp3) is 0.0667. The van der Waals surface area contributed by atoms with Crippen molar-refractivity contribution in [3.8, 4) is 0 Å². The molecule has 0 aliphatic heterocycles. The van der Waals surface area contributed by atoms with Crippen molar-refractivity contribution < 1.29 is 4.39 Å². The Balaban J connectivity index is 2.13. The van der Waals surface area contributed by atoms with Crippen LogP contribution in [0.15, 0.2) is 47.8 Å². The number of rotatable bonds is 2. The first-order valence-corrected chi connectivity index (χ1v) is 7.09. The van der Waals surface area contributed by atoms with E-state index in [1.165, 1.54) is 16.8 Å². The molecule has 19 heavy (non-hydrogen) atoms. The Morgan fingerprint density at radius 2 is 1.89 bits per heavy atom. The van der Waals surface area contributed by atoms with Gasteiger partial charge in [0.15, 0.2) is 0 Å². The zero-order chi connectivity index (χ0) is 13.4. The maximum Gasteiger partial charge on any atom is 0.123 e. The molecule has 1 unspecified atom stereocenters. The second kappa shape index (κ2) is 4.93. The number of hydrogen-bond donors (Lipinski definition) is 1. The van der Waals surface area contributed by atoms with Gasteiger partial charge in [-0.1, -0.05) is 29.8 Å². The van der Waals surface area contributed by atoms with E-state index in [9.17, 15) is 4.39 Å². The van der Waals surface area contributed by atoms with E-state index in [0.717, 1.165) is 10.9 Å². The molecule has 1 heterocycles. The van der Waals surface area contributed by atoms with Crippen molar-refractivity contribution in [1.29, 1.82) is 0 Å². The quantitative estimate of drug-likeness (QED) is 0.725. The molecule has 0 radical (unpaired) electrons. The van der Waals surface area contributed by atoms with Crippen molar-refractivity contribution in [3.05, 3.63) is 69.8 Å². The number of benzene rings is 2. The number of nitrogens with two attached hydrogens (primary N) is 1. The summed E-state index contributed by atoms with van der Waals surface area (Å²) in [7, 11) is 0. The minimum atomic E-state index is -0.417. The van der Waals surface area contributed by atoms with E-state index in [4.69, 9.17) is 17.3 Å². The number of thiophene rings is 1. The van der Waals surface area contributed by atoms with Crippen LogP contribution in [0.4, 0.5) is 4.39 Å². The van der Waals surface area contributed by atoms with Crippen LogP contribution >= 0.6 is 22.9 Å². The van der Waals surface area contributed by atoms with Gasteiger partial charge in [-0.2, -0.15) is 0 Å². The summed E-state index contributed by atoms with van der Waals surface area (Å²) in [6, 6.07) is 11.9. The van der Waals surface area contributed by atoms with Gasteiger partial charge in [0.25, 0.3) is 0 Å². The SMILES string of the molecule is NC(c1cc(F)ccc1Cl)c1csc2ccccc12. The van der Waals surface area contributed by atoms with Gasteiger partial charge in [0.05, 0.1) is 6.04 Å². The molecule has 3 aromatic rings. The van der Waals surface area contributed by atoms with Crippen molar-refractivity contribution >= 4 is 33.0 Å². The van der Waals surface area contributed by atoms with Gasteiger partial charge in [0.2, 0.25) is 0 Å². The molecule has 1 atom stereocenters. The zero-order valence-electron chi connectivity index (χ0n) is 9.94. The summed E-state index contributed by atoms with van der Waals surface area (Å²) in [5.74, 6) is -0.325. The fourth-order valence-electron chi connectivity index (χ4n) is 2.16. The first kappa shape index (κ1) is 12.6. The molecule has 0 bridgehead atoms. The van der Waals surface area contributed by atoms with Gasteiger partial charge in [-0.15, -0.1) is 11.3 Å². The molecule has 0 aliphatic rings. The van der Waals surface area contributed by atoms with Crippen LogP contribution in [0.3, 0.4) is 0 Å². The van der Waals surface area contributed by atoms with E-state index in [0.29, 0.717) is 10.6 Å². The number of halogens is 2. The molecule has 0 spiro atoms. The lowest BCUT2D eigenvalue weighted by Gasteiger charge is -2.13. The van der Waals surface area contributed by atoms with Crippen LogP contribution in [-0.4, -0.2) is 0 Å². The smallest absolute Gasteiger partial charge is 0.123 e. The van der Waals surface area contributed by atoms with Crippen LogP contribution in [0.1, 0.15) is 17.2 Å². The van der Waals surface area contributed by atoms with Crippen LogP contribution in [0, 0.1) is 5.82 Å². The highest BCUT2D eigenvalue weighted by molar-refractivity contribution is 7.17. The van der Waals surface area contributed by atoms with Gasteiger partial charge in [-0.25, -0.2) is 4.39 Å². The van der Waals surface area contributed by atoms with E-state index < -0.39 is 6.04 Å². The predicted molar refractivity (Wildman–Crippen MR) is 79.3 cm³/mol. The van der Waals surface area contributed by atoms with Crippen molar-refractivity contribution in [1.82, 2.24) is 0 Å². The summed E-state index contributed by atoms with van der Waals surface area (Å²) in [6.07, 6.45) is 0. The lowest BCUT2D eigenvalue weighted by atomic mass is 9.99. The Morgan fingerprint density at radius 3 is 2.74 bits per heavy atom.